The van der Waals surface area contributed by atoms with E-state index in [1.807, 2.05) is 12.1 Å². The van der Waals surface area contributed by atoms with Crippen LogP contribution in [0.15, 0.2) is 36.4 Å². The van der Waals surface area contributed by atoms with E-state index in [4.69, 9.17) is 21.1 Å². The third-order valence-electron chi connectivity index (χ3n) is 3.10. The minimum Gasteiger partial charge on any atom is -0.506 e. The highest BCUT2D eigenvalue weighted by Crippen LogP contribution is 2.32. The number of halogens is 1. The molecule has 0 unspecified atom stereocenters. The molecule has 0 aliphatic carbocycles. The number of carbonyl (C=O) groups is 1. The zero-order valence-corrected chi connectivity index (χ0v) is 11.7. The number of amides is 1. The van der Waals surface area contributed by atoms with Crippen LogP contribution in [0.3, 0.4) is 0 Å². The van der Waals surface area contributed by atoms with E-state index in [9.17, 15) is 9.90 Å². The van der Waals surface area contributed by atoms with Crippen molar-refractivity contribution >= 4 is 17.5 Å². The molecule has 0 saturated heterocycles. The van der Waals surface area contributed by atoms with Crippen LogP contribution in [0.2, 0.25) is 5.02 Å². The number of phenols is 1. The zero-order valence-electron chi connectivity index (χ0n) is 10.9. The summed E-state index contributed by atoms with van der Waals surface area (Å²) < 4.78 is 10.5. The van der Waals surface area contributed by atoms with E-state index in [1.165, 1.54) is 18.2 Å². The highest BCUT2D eigenvalue weighted by Gasteiger charge is 2.14. The lowest BCUT2D eigenvalue weighted by molar-refractivity contribution is 0.0951. The van der Waals surface area contributed by atoms with Gasteiger partial charge in [-0.25, -0.2) is 0 Å². The Hall–Kier alpha value is -2.40. The van der Waals surface area contributed by atoms with Crippen LogP contribution in [0.1, 0.15) is 15.9 Å². The van der Waals surface area contributed by atoms with Crippen LogP contribution in [0.5, 0.6) is 17.2 Å². The van der Waals surface area contributed by atoms with Gasteiger partial charge in [0, 0.05) is 12.1 Å². The lowest BCUT2D eigenvalue weighted by Gasteiger charge is -2.07. The van der Waals surface area contributed by atoms with Gasteiger partial charge in [-0.2, -0.15) is 0 Å². The summed E-state index contributed by atoms with van der Waals surface area (Å²) >= 11 is 5.78. The van der Waals surface area contributed by atoms with Gasteiger partial charge >= 0.3 is 0 Å². The van der Waals surface area contributed by atoms with Crippen LogP contribution in [-0.4, -0.2) is 17.8 Å². The normalized spacial score (nSPS) is 12.2. The molecule has 6 heteroatoms. The summed E-state index contributed by atoms with van der Waals surface area (Å²) in [6.07, 6.45) is 0. The first-order chi connectivity index (χ1) is 10.1. The first-order valence-corrected chi connectivity index (χ1v) is 6.66. The van der Waals surface area contributed by atoms with Gasteiger partial charge in [0.05, 0.1) is 5.02 Å². The van der Waals surface area contributed by atoms with E-state index in [0.29, 0.717) is 23.6 Å². The van der Waals surface area contributed by atoms with E-state index >= 15 is 0 Å². The Balaban J connectivity index is 1.67. The fraction of sp³-hybridized carbons (Fsp3) is 0.133. The number of carbonyl (C=O) groups excluding carboxylic acids is 1. The number of benzene rings is 2. The van der Waals surface area contributed by atoms with Crippen molar-refractivity contribution in [3.63, 3.8) is 0 Å². The number of hydrogen-bond donors (Lipinski definition) is 2. The molecule has 1 aliphatic heterocycles. The van der Waals surface area contributed by atoms with Crippen molar-refractivity contribution in [3.8, 4) is 17.2 Å². The largest absolute Gasteiger partial charge is 0.506 e. The number of rotatable bonds is 3. The summed E-state index contributed by atoms with van der Waals surface area (Å²) in [6, 6.07) is 9.81. The molecule has 2 aromatic carbocycles. The molecule has 0 saturated carbocycles. The molecule has 0 spiro atoms. The van der Waals surface area contributed by atoms with Gasteiger partial charge in [0.1, 0.15) is 5.75 Å². The molecule has 1 amide bonds. The fourth-order valence-electron chi connectivity index (χ4n) is 1.98. The van der Waals surface area contributed by atoms with E-state index in [1.54, 1.807) is 6.07 Å². The van der Waals surface area contributed by atoms with Crippen molar-refractivity contribution in [1.82, 2.24) is 5.32 Å². The molecule has 0 fully saturated rings. The third kappa shape index (κ3) is 2.87. The van der Waals surface area contributed by atoms with Gasteiger partial charge in [0.2, 0.25) is 6.79 Å². The molecular weight excluding hydrogens is 294 g/mol. The summed E-state index contributed by atoms with van der Waals surface area (Å²) in [6.45, 7) is 0.575. The molecule has 0 aromatic heterocycles. The highest BCUT2D eigenvalue weighted by atomic mass is 35.5. The summed E-state index contributed by atoms with van der Waals surface area (Å²) in [5, 5.41) is 12.3. The average molecular weight is 306 g/mol. The number of hydrogen-bond acceptors (Lipinski definition) is 4. The van der Waals surface area contributed by atoms with Gasteiger partial charge in [-0.15, -0.1) is 0 Å². The molecule has 1 heterocycles. The van der Waals surface area contributed by atoms with Crippen LogP contribution in [0, 0.1) is 0 Å². The Kier molecular flexibility index (Phi) is 3.58. The van der Waals surface area contributed by atoms with E-state index in [2.05, 4.69) is 5.32 Å². The summed E-state index contributed by atoms with van der Waals surface area (Å²) in [4.78, 5) is 12.0. The number of aromatic hydroxyl groups is 1. The first kappa shape index (κ1) is 13.6. The van der Waals surface area contributed by atoms with Gasteiger partial charge in [0.25, 0.3) is 5.91 Å². The molecule has 2 aromatic rings. The second-order valence-electron chi connectivity index (χ2n) is 4.54. The maximum atomic E-state index is 12.0. The van der Waals surface area contributed by atoms with E-state index in [-0.39, 0.29) is 23.5 Å². The molecule has 2 N–H and O–H groups in total. The summed E-state index contributed by atoms with van der Waals surface area (Å²) in [7, 11) is 0. The first-order valence-electron chi connectivity index (χ1n) is 6.29. The minimum absolute atomic E-state index is 0.0519. The number of ether oxygens (including phenoxy) is 2. The van der Waals surface area contributed by atoms with Gasteiger partial charge in [0.15, 0.2) is 11.5 Å². The molecule has 1 aliphatic rings. The Bertz CT molecular complexity index is 702. The smallest absolute Gasteiger partial charge is 0.251 e. The SMILES string of the molecule is O=C(NCc1ccc2c(c1)OCO2)c1ccc(O)c(Cl)c1. The van der Waals surface area contributed by atoms with Crippen LogP contribution in [0.25, 0.3) is 0 Å². The van der Waals surface area contributed by atoms with Crippen molar-refractivity contribution in [1.29, 1.82) is 0 Å². The molecule has 0 bridgehead atoms. The standard InChI is InChI=1S/C15H12ClNO4/c16-11-6-10(2-3-12(11)18)15(19)17-7-9-1-4-13-14(5-9)21-8-20-13/h1-6,18H,7-8H2,(H,17,19). The van der Waals surface area contributed by atoms with Gasteiger partial charge in [-0.3, -0.25) is 4.79 Å². The summed E-state index contributed by atoms with van der Waals surface area (Å²) in [5.74, 6) is 1.06. The van der Waals surface area contributed by atoms with Crippen LogP contribution in [0.4, 0.5) is 0 Å². The Labute approximate surface area is 126 Å². The monoisotopic (exact) mass is 305 g/mol. The van der Waals surface area contributed by atoms with Crippen molar-refractivity contribution in [2.45, 2.75) is 6.54 Å². The fourth-order valence-corrected chi connectivity index (χ4v) is 2.16. The predicted octanol–water partition coefficient (Wildman–Crippen LogP) is 2.70. The molecule has 3 rings (SSSR count). The van der Waals surface area contributed by atoms with Crippen molar-refractivity contribution in [2.75, 3.05) is 6.79 Å². The van der Waals surface area contributed by atoms with Crippen LogP contribution in [-0.2, 0) is 6.54 Å². The molecular formula is C15H12ClNO4. The molecule has 108 valence electrons. The van der Waals surface area contributed by atoms with Gasteiger partial charge in [-0.05, 0) is 35.9 Å². The molecule has 0 radical (unpaired) electrons. The van der Waals surface area contributed by atoms with Crippen LogP contribution >= 0.6 is 11.6 Å². The Morgan fingerprint density at radius 3 is 2.81 bits per heavy atom. The van der Waals surface area contributed by atoms with Crippen molar-refractivity contribution in [2.24, 2.45) is 0 Å². The van der Waals surface area contributed by atoms with E-state index in [0.717, 1.165) is 5.56 Å². The Morgan fingerprint density at radius 2 is 2.00 bits per heavy atom. The van der Waals surface area contributed by atoms with Crippen molar-refractivity contribution in [3.05, 3.63) is 52.5 Å². The number of nitrogens with one attached hydrogen (secondary N) is 1. The number of fused-ring (bicyclic) bond motifs is 1. The lowest BCUT2D eigenvalue weighted by atomic mass is 10.1. The maximum Gasteiger partial charge on any atom is 0.251 e. The average Bonchev–Trinajstić information content (AvgIpc) is 2.95. The van der Waals surface area contributed by atoms with E-state index < -0.39 is 0 Å². The minimum atomic E-state index is -0.269. The molecule has 0 atom stereocenters. The quantitative estimate of drug-likeness (QED) is 0.915. The lowest BCUT2D eigenvalue weighted by Crippen LogP contribution is -2.22. The van der Waals surface area contributed by atoms with Gasteiger partial charge in [-0.1, -0.05) is 17.7 Å². The topological polar surface area (TPSA) is 67.8 Å². The maximum absolute atomic E-state index is 12.0. The molecule has 21 heavy (non-hydrogen) atoms. The Morgan fingerprint density at radius 1 is 1.19 bits per heavy atom. The molecule has 5 nitrogen and oxygen atoms in total. The predicted molar refractivity (Wildman–Crippen MR) is 76.9 cm³/mol. The highest BCUT2D eigenvalue weighted by molar-refractivity contribution is 6.32. The van der Waals surface area contributed by atoms with Crippen molar-refractivity contribution < 1.29 is 19.4 Å². The zero-order chi connectivity index (χ0) is 14.8. The van der Waals surface area contributed by atoms with Gasteiger partial charge < -0.3 is 19.9 Å². The van der Waals surface area contributed by atoms with Crippen LogP contribution < -0.4 is 14.8 Å². The number of phenolic OH excluding ortho intramolecular Hbond substituents is 1. The second-order valence-corrected chi connectivity index (χ2v) is 4.94. The second kappa shape index (κ2) is 5.54. The third-order valence-corrected chi connectivity index (χ3v) is 3.40. The summed E-state index contributed by atoms with van der Waals surface area (Å²) in [5.41, 5.74) is 1.29.